The predicted octanol–water partition coefficient (Wildman–Crippen LogP) is 2.97. The van der Waals surface area contributed by atoms with Gasteiger partial charge in [0.05, 0.1) is 0 Å². The van der Waals surface area contributed by atoms with E-state index in [9.17, 15) is 4.39 Å². The average molecular weight is 273 g/mol. The van der Waals surface area contributed by atoms with Crippen molar-refractivity contribution in [2.24, 2.45) is 0 Å². The van der Waals surface area contributed by atoms with Gasteiger partial charge in [0.2, 0.25) is 0 Å². The lowest BCUT2D eigenvalue weighted by molar-refractivity contribution is 0.409. The lowest BCUT2D eigenvalue weighted by atomic mass is 10.2. The molecule has 3 rings (SSSR count). The van der Waals surface area contributed by atoms with Gasteiger partial charge in [-0.05, 0) is 31.9 Å². The molecule has 1 aromatic carbocycles. The summed E-state index contributed by atoms with van der Waals surface area (Å²) in [7, 11) is 0. The molecule has 1 N–H and O–H groups in total. The van der Waals surface area contributed by atoms with Crippen LogP contribution in [0.3, 0.4) is 0 Å². The van der Waals surface area contributed by atoms with Crippen molar-refractivity contribution in [3.63, 3.8) is 0 Å². The molecule has 2 aromatic rings. The summed E-state index contributed by atoms with van der Waals surface area (Å²) in [5.41, 5.74) is 1.89. The van der Waals surface area contributed by atoms with Gasteiger partial charge in [-0.1, -0.05) is 12.1 Å². The molecule has 104 valence electrons. The Labute approximate surface area is 117 Å². The Morgan fingerprint density at radius 2 is 2.15 bits per heavy atom. The second-order valence-corrected chi connectivity index (χ2v) is 4.95. The molecule has 1 aliphatic carbocycles. The summed E-state index contributed by atoms with van der Waals surface area (Å²) in [6.07, 6.45) is 4.22. The first kappa shape index (κ1) is 13.0. The third-order valence-electron chi connectivity index (χ3n) is 3.26. The zero-order valence-electron chi connectivity index (χ0n) is 11.3. The largest absolute Gasteiger partial charge is 0.421 e. The van der Waals surface area contributed by atoms with Gasteiger partial charge in [-0.25, -0.2) is 9.37 Å². The van der Waals surface area contributed by atoms with Gasteiger partial charge in [0.25, 0.3) is 0 Å². The van der Waals surface area contributed by atoms with E-state index in [1.165, 1.54) is 18.9 Å². The number of ether oxygens (including phenoxy) is 1. The van der Waals surface area contributed by atoms with E-state index < -0.39 is 5.82 Å². The zero-order valence-corrected chi connectivity index (χ0v) is 11.3. The second-order valence-electron chi connectivity index (χ2n) is 4.95. The average Bonchev–Trinajstić information content (AvgIpc) is 3.25. The first-order valence-corrected chi connectivity index (χ1v) is 6.70. The normalized spacial score (nSPS) is 14.3. The maximum Gasteiger partial charge on any atom is 0.322 e. The molecular formula is C15H16FN3O. The van der Waals surface area contributed by atoms with Gasteiger partial charge in [0.15, 0.2) is 11.6 Å². The lowest BCUT2D eigenvalue weighted by Crippen LogP contribution is -2.16. The van der Waals surface area contributed by atoms with Gasteiger partial charge in [0.1, 0.15) is 0 Å². The van der Waals surface area contributed by atoms with E-state index in [0.717, 1.165) is 17.8 Å². The molecule has 1 saturated carbocycles. The molecule has 5 heteroatoms. The maximum atomic E-state index is 13.5. The molecular weight excluding hydrogens is 257 g/mol. The number of nitrogens with one attached hydrogen (secondary N) is 1. The number of hydrogen-bond acceptors (Lipinski definition) is 4. The smallest absolute Gasteiger partial charge is 0.322 e. The van der Waals surface area contributed by atoms with Crippen molar-refractivity contribution in [1.82, 2.24) is 15.3 Å². The fraction of sp³-hybridized carbons (Fsp3) is 0.333. The highest BCUT2D eigenvalue weighted by Gasteiger charge is 2.20. The summed E-state index contributed by atoms with van der Waals surface area (Å²) in [6, 6.07) is 7.03. The van der Waals surface area contributed by atoms with Crippen LogP contribution >= 0.6 is 0 Å². The number of para-hydroxylation sites is 1. The van der Waals surface area contributed by atoms with Crippen LogP contribution in [0.25, 0.3) is 0 Å². The van der Waals surface area contributed by atoms with Crippen LogP contribution in [0, 0.1) is 12.7 Å². The third-order valence-corrected chi connectivity index (χ3v) is 3.26. The lowest BCUT2D eigenvalue weighted by Gasteiger charge is -2.08. The minimum absolute atomic E-state index is 0.135. The molecule has 0 saturated heterocycles. The van der Waals surface area contributed by atoms with Crippen LogP contribution in [0.5, 0.6) is 11.8 Å². The summed E-state index contributed by atoms with van der Waals surface area (Å²) < 4.78 is 18.8. The molecule has 1 heterocycles. The van der Waals surface area contributed by atoms with Crippen LogP contribution < -0.4 is 10.1 Å². The first-order chi connectivity index (χ1) is 9.72. The number of aromatic nitrogens is 2. The van der Waals surface area contributed by atoms with Gasteiger partial charge < -0.3 is 10.1 Å². The Hall–Kier alpha value is -2.01. The van der Waals surface area contributed by atoms with Gasteiger partial charge in [0, 0.05) is 30.0 Å². The fourth-order valence-electron chi connectivity index (χ4n) is 1.86. The highest BCUT2D eigenvalue weighted by molar-refractivity contribution is 5.27. The molecule has 0 unspecified atom stereocenters. The molecule has 1 aliphatic rings. The predicted molar refractivity (Wildman–Crippen MR) is 73.1 cm³/mol. The van der Waals surface area contributed by atoms with Crippen molar-refractivity contribution in [1.29, 1.82) is 0 Å². The molecule has 0 spiro atoms. The molecule has 0 radical (unpaired) electrons. The van der Waals surface area contributed by atoms with Crippen LogP contribution in [-0.2, 0) is 6.54 Å². The summed E-state index contributed by atoms with van der Waals surface area (Å²) in [5.74, 6) is -0.288. The van der Waals surface area contributed by atoms with E-state index in [4.69, 9.17) is 4.74 Å². The van der Waals surface area contributed by atoms with Crippen LogP contribution in [-0.4, -0.2) is 16.0 Å². The second kappa shape index (κ2) is 5.54. The van der Waals surface area contributed by atoms with Crippen molar-refractivity contribution in [3.05, 3.63) is 47.5 Å². The van der Waals surface area contributed by atoms with Crippen molar-refractivity contribution in [2.45, 2.75) is 32.4 Å². The molecule has 1 fully saturated rings. The Balaban J connectivity index is 1.71. The molecule has 1 aromatic heterocycles. The van der Waals surface area contributed by atoms with Gasteiger partial charge >= 0.3 is 6.01 Å². The van der Waals surface area contributed by atoms with Crippen molar-refractivity contribution in [3.8, 4) is 11.8 Å². The van der Waals surface area contributed by atoms with E-state index in [-0.39, 0.29) is 11.8 Å². The molecule has 0 amide bonds. The number of hydrogen-bond donors (Lipinski definition) is 1. The number of nitrogens with zero attached hydrogens (tertiary/aromatic N) is 2. The van der Waals surface area contributed by atoms with Crippen molar-refractivity contribution in [2.75, 3.05) is 0 Å². The van der Waals surface area contributed by atoms with Gasteiger partial charge in [-0.15, -0.1) is 0 Å². The van der Waals surface area contributed by atoms with Crippen molar-refractivity contribution >= 4 is 0 Å². The Kier molecular flexibility index (Phi) is 3.60. The van der Waals surface area contributed by atoms with E-state index in [0.29, 0.717) is 6.04 Å². The van der Waals surface area contributed by atoms with E-state index in [1.54, 1.807) is 24.4 Å². The fourth-order valence-corrected chi connectivity index (χ4v) is 1.86. The molecule has 20 heavy (non-hydrogen) atoms. The van der Waals surface area contributed by atoms with E-state index in [1.807, 2.05) is 6.92 Å². The minimum atomic E-state index is -0.423. The Morgan fingerprint density at radius 3 is 2.85 bits per heavy atom. The van der Waals surface area contributed by atoms with E-state index in [2.05, 4.69) is 15.3 Å². The minimum Gasteiger partial charge on any atom is -0.421 e. The van der Waals surface area contributed by atoms with Gasteiger partial charge in [-0.3, -0.25) is 0 Å². The highest BCUT2D eigenvalue weighted by atomic mass is 19.1. The number of rotatable bonds is 5. The maximum absolute atomic E-state index is 13.5. The third kappa shape index (κ3) is 3.11. The quantitative estimate of drug-likeness (QED) is 0.909. The van der Waals surface area contributed by atoms with Crippen LogP contribution in [0.15, 0.2) is 30.5 Å². The summed E-state index contributed by atoms with van der Waals surface area (Å²) in [6.45, 7) is 2.66. The van der Waals surface area contributed by atoms with E-state index >= 15 is 0 Å². The molecule has 4 nitrogen and oxygen atoms in total. The molecule has 0 bridgehead atoms. The SMILES string of the molecule is Cc1nc(Oc2ccccc2F)ncc1CNC1CC1. The summed E-state index contributed by atoms with van der Waals surface area (Å²) in [5, 5.41) is 3.41. The van der Waals surface area contributed by atoms with Crippen molar-refractivity contribution < 1.29 is 9.13 Å². The number of aryl methyl sites for hydroxylation is 1. The molecule has 0 aliphatic heterocycles. The zero-order chi connectivity index (χ0) is 13.9. The topological polar surface area (TPSA) is 47.0 Å². The standard InChI is InChI=1S/C15H16FN3O/c1-10-11(8-17-12-6-7-12)9-18-15(19-10)20-14-5-3-2-4-13(14)16/h2-5,9,12,17H,6-8H2,1H3. The summed E-state index contributed by atoms with van der Waals surface area (Å²) >= 11 is 0. The highest BCUT2D eigenvalue weighted by Crippen LogP contribution is 2.22. The first-order valence-electron chi connectivity index (χ1n) is 6.70. The summed E-state index contributed by atoms with van der Waals surface area (Å²) in [4.78, 5) is 8.40. The monoisotopic (exact) mass is 273 g/mol. The van der Waals surface area contributed by atoms with Crippen LogP contribution in [0.4, 0.5) is 4.39 Å². The number of halogens is 1. The van der Waals surface area contributed by atoms with Crippen LogP contribution in [0.2, 0.25) is 0 Å². The number of benzene rings is 1. The Bertz CT molecular complexity index is 614. The molecule has 0 atom stereocenters. The van der Waals surface area contributed by atoms with Gasteiger partial charge in [-0.2, -0.15) is 4.98 Å². The Morgan fingerprint density at radius 1 is 1.35 bits per heavy atom. The van der Waals surface area contributed by atoms with Crippen LogP contribution in [0.1, 0.15) is 24.1 Å².